The molecule has 20 heavy (non-hydrogen) atoms. The van der Waals surface area contributed by atoms with E-state index in [1.54, 1.807) is 0 Å². The molecule has 3 nitrogen and oxygen atoms in total. The highest BCUT2D eigenvalue weighted by Gasteiger charge is 2.22. The molecule has 1 heterocycles. The first-order valence-electron chi connectivity index (χ1n) is 7.49. The van der Waals surface area contributed by atoms with E-state index >= 15 is 0 Å². The third kappa shape index (κ3) is 4.14. The maximum absolute atomic E-state index is 5.95. The fraction of sp³-hybridized carbons (Fsp3) is 0.625. The summed E-state index contributed by atoms with van der Waals surface area (Å²) in [6, 6.07) is 9.37. The first kappa shape index (κ1) is 15.7. The Balaban J connectivity index is 1.88. The third-order valence-electron chi connectivity index (χ3n) is 4.12. The van der Waals surface area contributed by atoms with Crippen molar-refractivity contribution in [3.8, 4) is 0 Å². The van der Waals surface area contributed by atoms with Gasteiger partial charge in [-0.25, -0.2) is 0 Å². The van der Waals surface area contributed by atoms with Crippen LogP contribution in [0.1, 0.15) is 12.0 Å². The highest BCUT2D eigenvalue weighted by molar-refractivity contribution is 7.98. The number of benzene rings is 1. The van der Waals surface area contributed by atoms with Crippen molar-refractivity contribution in [2.45, 2.75) is 19.4 Å². The molecule has 1 unspecified atom stereocenters. The zero-order chi connectivity index (χ0) is 14.4. The van der Waals surface area contributed by atoms with Gasteiger partial charge in [0.25, 0.3) is 0 Å². The molecule has 1 fully saturated rings. The van der Waals surface area contributed by atoms with Crippen LogP contribution in [0.25, 0.3) is 0 Å². The third-order valence-corrected chi connectivity index (χ3v) is 4.77. The maximum Gasteiger partial charge on any atom is 0.0369 e. The summed E-state index contributed by atoms with van der Waals surface area (Å²) < 4.78 is 0. The summed E-state index contributed by atoms with van der Waals surface area (Å²) in [5, 5.41) is 0. The summed E-state index contributed by atoms with van der Waals surface area (Å²) in [4.78, 5) is 5.06. The Labute approximate surface area is 127 Å². The van der Waals surface area contributed by atoms with Crippen LogP contribution in [0.3, 0.4) is 0 Å². The average molecular weight is 293 g/mol. The van der Waals surface area contributed by atoms with E-state index in [4.69, 9.17) is 5.73 Å². The SMILES string of the molecule is CSCCC(CN)N1CCN(c2cccc(C)c2)CC1. The molecule has 0 radical (unpaired) electrons. The van der Waals surface area contributed by atoms with Crippen LogP contribution in [0.4, 0.5) is 5.69 Å². The van der Waals surface area contributed by atoms with Crippen LogP contribution in [-0.4, -0.2) is 55.7 Å². The molecule has 0 saturated carbocycles. The van der Waals surface area contributed by atoms with Gasteiger partial charge in [0.2, 0.25) is 0 Å². The van der Waals surface area contributed by atoms with E-state index in [0.717, 1.165) is 32.7 Å². The van der Waals surface area contributed by atoms with Gasteiger partial charge >= 0.3 is 0 Å². The van der Waals surface area contributed by atoms with Gasteiger partial charge < -0.3 is 10.6 Å². The predicted molar refractivity (Wildman–Crippen MR) is 90.8 cm³/mol. The minimum atomic E-state index is 0.558. The van der Waals surface area contributed by atoms with Crippen molar-refractivity contribution in [2.75, 3.05) is 49.6 Å². The lowest BCUT2D eigenvalue weighted by atomic mass is 10.1. The van der Waals surface area contributed by atoms with Gasteiger partial charge in [0, 0.05) is 44.5 Å². The van der Waals surface area contributed by atoms with Crippen LogP contribution in [0.15, 0.2) is 24.3 Å². The molecule has 2 rings (SSSR count). The monoisotopic (exact) mass is 293 g/mol. The molecule has 1 saturated heterocycles. The number of piperazine rings is 1. The molecule has 0 bridgehead atoms. The van der Waals surface area contributed by atoms with Crippen LogP contribution >= 0.6 is 11.8 Å². The van der Waals surface area contributed by atoms with Crippen molar-refractivity contribution in [3.63, 3.8) is 0 Å². The van der Waals surface area contributed by atoms with Crippen LogP contribution in [0, 0.1) is 6.92 Å². The molecule has 0 spiro atoms. The van der Waals surface area contributed by atoms with E-state index in [1.165, 1.54) is 23.4 Å². The second kappa shape index (κ2) is 7.91. The molecule has 0 amide bonds. The summed E-state index contributed by atoms with van der Waals surface area (Å²) in [5.74, 6) is 1.21. The van der Waals surface area contributed by atoms with Crippen LogP contribution < -0.4 is 10.6 Å². The Morgan fingerprint density at radius 2 is 2.00 bits per heavy atom. The van der Waals surface area contributed by atoms with Gasteiger partial charge in [-0.15, -0.1) is 0 Å². The first-order chi connectivity index (χ1) is 9.74. The molecule has 1 atom stereocenters. The number of hydrogen-bond acceptors (Lipinski definition) is 4. The zero-order valence-corrected chi connectivity index (χ0v) is 13.5. The summed E-state index contributed by atoms with van der Waals surface area (Å²) in [7, 11) is 0. The number of hydrogen-bond donors (Lipinski definition) is 1. The summed E-state index contributed by atoms with van der Waals surface area (Å²) in [6.45, 7) is 7.42. The molecule has 1 aromatic carbocycles. The van der Waals surface area contributed by atoms with Gasteiger partial charge in [0.15, 0.2) is 0 Å². The average Bonchev–Trinajstić information content (AvgIpc) is 2.49. The smallest absolute Gasteiger partial charge is 0.0369 e. The summed E-state index contributed by atoms with van der Waals surface area (Å²) in [5.41, 5.74) is 8.64. The molecular weight excluding hydrogens is 266 g/mol. The van der Waals surface area contributed by atoms with Crippen LogP contribution in [0.2, 0.25) is 0 Å². The molecule has 1 aliphatic rings. The predicted octanol–water partition coefficient (Wildman–Crippen LogP) is 2.20. The van der Waals surface area contributed by atoms with Crippen molar-refractivity contribution in [1.29, 1.82) is 0 Å². The molecule has 0 aromatic heterocycles. The number of nitrogens with zero attached hydrogens (tertiary/aromatic N) is 2. The van der Waals surface area contributed by atoms with Gasteiger partial charge in [-0.2, -0.15) is 11.8 Å². The van der Waals surface area contributed by atoms with Crippen molar-refractivity contribution in [2.24, 2.45) is 5.73 Å². The Morgan fingerprint density at radius 1 is 1.25 bits per heavy atom. The van der Waals surface area contributed by atoms with E-state index in [-0.39, 0.29) is 0 Å². The van der Waals surface area contributed by atoms with E-state index in [0.29, 0.717) is 6.04 Å². The Kier molecular flexibility index (Phi) is 6.20. The largest absolute Gasteiger partial charge is 0.369 e. The Hall–Kier alpha value is -0.710. The molecule has 0 aliphatic carbocycles. The van der Waals surface area contributed by atoms with Gasteiger partial charge in [-0.1, -0.05) is 12.1 Å². The minimum Gasteiger partial charge on any atom is -0.369 e. The van der Waals surface area contributed by atoms with Gasteiger partial charge in [0.1, 0.15) is 0 Å². The molecular formula is C16H27N3S. The highest BCUT2D eigenvalue weighted by Crippen LogP contribution is 2.19. The van der Waals surface area contributed by atoms with E-state index in [2.05, 4.69) is 47.2 Å². The van der Waals surface area contributed by atoms with Crippen molar-refractivity contribution >= 4 is 17.4 Å². The minimum absolute atomic E-state index is 0.558. The fourth-order valence-corrected chi connectivity index (χ4v) is 3.38. The number of nitrogens with two attached hydrogens (primary N) is 1. The van der Waals surface area contributed by atoms with Crippen LogP contribution in [0.5, 0.6) is 0 Å². The van der Waals surface area contributed by atoms with Gasteiger partial charge in [0.05, 0.1) is 0 Å². The topological polar surface area (TPSA) is 32.5 Å². The van der Waals surface area contributed by atoms with E-state index in [1.807, 2.05) is 11.8 Å². The van der Waals surface area contributed by atoms with Crippen molar-refractivity contribution < 1.29 is 0 Å². The Morgan fingerprint density at radius 3 is 2.60 bits per heavy atom. The van der Waals surface area contributed by atoms with Gasteiger partial charge in [-0.3, -0.25) is 4.90 Å². The highest BCUT2D eigenvalue weighted by atomic mass is 32.2. The summed E-state index contributed by atoms with van der Waals surface area (Å²) >= 11 is 1.92. The summed E-state index contributed by atoms with van der Waals surface area (Å²) in [6.07, 6.45) is 3.38. The number of anilines is 1. The standard InChI is InChI=1S/C16H27N3S/c1-14-4-3-5-15(12-14)18-7-9-19(10-8-18)16(13-17)6-11-20-2/h3-5,12,16H,6-11,13,17H2,1-2H3. The molecule has 2 N–H and O–H groups in total. The van der Waals surface area contributed by atoms with Crippen molar-refractivity contribution in [3.05, 3.63) is 29.8 Å². The maximum atomic E-state index is 5.95. The van der Waals surface area contributed by atoms with Gasteiger partial charge in [-0.05, 0) is 43.0 Å². The number of rotatable bonds is 6. The lowest BCUT2D eigenvalue weighted by Gasteiger charge is -2.40. The quantitative estimate of drug-likeness (QED) is 0.871. The van der Waals surface area contributed by atoms with E-state index < -0.39 is 0 Å². The lowest BCUT2D eigenvalue weighted by Crippen LogP contribution is -2.52. The molecule has 1 aliphatic heterocycles. The number of aryl methyl sites for hydroxylation is 1. The molecule has 112 valence electrons. The first-order valence-corrected chi connectivity index (χ1v) is 8.88. The zero-order valence-electron chi connectivity index (χ0n) is 12.7. The van der Waals surface area contributed by atoms with E-state index in [9.17, 15) is 0 Å². The lowest BCUT2D eigenvalue weighted by molar-refractivity contribution is 0.185. The number of thioether (sulfide) groups is 1. The second-order valence-corrected chi connectivity index (χ2v) is 6.52. The molecule has 1 aromatic rings. The van der Waals surface area contributed by atoms with Crippen LogP contribution in [-0.2, 0) is 0 Å². The second-order valence-electron chi connectivity index (χ2n) is 5.53. The fourth-order valence-electron chi connectivity index (χ4n) is 2.87. The Bertz CT molecular complexity index is 402. The normalized spacial score (nSPS) is 18.2. The van der Waals surface area contributed by atoms with Crippen molar-refractivity contribution in [1.82, 2.24) is 4.90 Å². The molecule has 4 heteroatoms.